The Morgan fingerprint density at radius 2 is 2.06 bits per heavy atom. The average Bonchev–Trinajstić information content (AvgIpc) is 2.73. The van der Waals surface area contributed by atoms with E-state index in [9.17, 15) is 0 Å². The molecule has 0 unspecified atom stereocenters. The second-order valence-electron chi connectivity index (χ2n) is 4.66. The zero-order chi connectivity index (χ0) is 11.0. The monoisotopic (exact) mass is 232 g/mol. The molecule has 2 heterocycles. The minimum atomic E-state index is 0.785. The fourth-order valence-corrected chi connectivity index (χ4v) is 3.74. The average molecular weight is 232 g/mol. The summed E-state index contributed by atoms with van der Waals surface area (Å²) < 4.78 is 0. The van der Waals surface area contributed by atoms with Gasteiger partial charge in [-0.3, -0.25) is 0 Å². The molecule has 2 nitrogen and oxygen atoms in total. The summed E-state index contributed by atoms with van der Waals surface area (Å²) in [6, 6.07) is 2.30. The van der Waals surface area contributed by atoms with Crippen molar-refractivity contribution in [3.05, 3.63) is 23.0 Å². The molecule has 1 fully saturated rings. The van der Waals surface area contributed by atoms with Crippen LogP contribution in [0.2, 0.25) is 0 Å². The highest BCUT2D eigenvalue weighted by atomic mass is 32.1. The highest BCUT2D eigenvalue weighted by molar-refractivity contribution is 7.18. The van der Waals surface area contributed by atoms with Crippen molar-refractivity contribution in [2.75, 3.05) is 0 Å². The first-order valence-electron chi connectivity index (χ1n) is 6.06. The first kappa shape index (κ1) is 10.2. The highest BCUT2D eigenvalue weighted by Gasteiger charge is 2.18. The lowest BCUT2D eigenvalue weighted by Gasteiger charge is -2.19. The molecule has 2 aromatic rings. The molecule has 0 amide bonds. The number of aryl methyl sites for hydroxylation is 1. The third-order valence-electron chi connectivity index (χ3n) is 3.42. The Labute approximate surface area is 99.7 Å². The summed E-state index contributed by atoms with van der Waals surface area (Å²) in [6.45, 7) is 1.96. The van der Waals surface area contributed by atoms with Gasteiger partial charge in [-0.25, -0.2) is 9.97 Å². The molecule has 0 N–H and O–H groups in total. The van der Waals surface area contributed by atoms with Crippen LogP contribution in [0.4, 0.5) is 0 Å². The highest BCUT2D eigenvalue weighted by Crippen LogP contribution is 2.38. The molecule has 0 radical (unpaired) electrons. The van der Waals surface area contributed by atoms with E-state index in [1.54, 1.807) is 0 Å². The van der Waals surface area contributed by atoms with Gasteiger partial charge in [0.15, 0.2) is 0 Å². The van der Waals surface area contributed by atoms with Gasteiger partial charge in [-0.1, -0.05) is 19.3 Å². The number of hydrogen-bond donors (Lipinski definition) is 0. The zero-order valence-electron chi connectivity index (χ0n) is 9.57. The van der Waals surface area contributed by atoms with Gasteiger partial charge in [0, 0.05) is 16.5 Å². The van der Waals surface area contributed by atoms with Crippen molar-refractivity contribution in [2.24, 2.45) is 0 Å². The van der Waals surface area contributed by atoms with Crippen molar-refractivity contribution in [3.63, 3.8) is 0 Å². The second kappa shape index (κ2) is 4.13. The fourth-order valence-electron chi connectivity index (χ4n) is 2.52. The second-order valence-corrected chi connectivity index (χ2v) is 5.72. The summed E-state index contributed by atoms with van der Waals surface area (Å²) in [4.78, 5) is 11.4. The van der Waals surface area contributed by atoms with Crippen LogP contribution in [0.3, 0.4) is 0 Å². The molecule has 2 aromatic heterocycles. The summed E-state index contributed by atoms with van der Waals surface area (Å²) in [5.74, 6) is 1.66. The Bertz CT molecular complexity index is 498. The largest absolute Gasteiger partial charge is 0.241 e. The van der Waals surface area contributed by atoms with E-state index in [2.05, 4.69) is 16.0 Å². The van der Waals surface area contributed by atoms with Crippen LogP contribution in [-0.2, 0) is 0 Å². The zero-order valence-corrected chi connectivity index (χ0v) is 10.4. The minimum absolute atomic E-state index is 0.785. The molecule has 3 rings (SSSR count). The maximum absolute atomic E-state index is 4.50. The van der Waals surface area contributed by atoms with Crippen molar-refractivity contribution < 1.29 is 0 Å². The lowest BCUT2D eigenvalue weighted by Crippen LogP contribution is -2.02. The Balaban J connectivity index is 1.97. The topological polar surface area (TPSA) is 25.8 Å². The quantitative estimate of drug-likeness (QED) is 0.741. The van der Waals surface area contributed by atoms with Gasteiger partial charge < -0.3 is 0 Å². The van der Waals surface area contributed by atoms with E-state index >= 15 is 0 Å². The molecule has 1 aliphatic carbocycles. The molecule has 3 heteroatoms. The van der Waals surface area contributed by atoms with Gasteiger partial charge in [-0.2, -0.15) is 0 Å². The Morgan fingerprint density at radius 1 is 1.25 bits per heavy atom. The number of aromatic nitrogens is 2. The summed E-state index contributed by atoms with van der Waals surface area (Å²) in [5, 5.41) is 1.22. The number of rotatable bonds is 1. The lowest BCUT2D eigenvalue weighted by atomic mass is 9.88. The Hall–Kier alpha value is -0.960. The molecule has 0 aromatic carbocycles. The van der Waals surface area contributed by atoms with Crippen LogP contribution >= 0.6 is 11.3 Å². The van der Waals surface area contributed by atoms with Gasteiger partial charge in [0.25, 0.3) is 0 Å². The predicted octanol–water partition coefficient (Wildman–Crippen LogP) is 4.05. The maximum Gasteiger partial charge on any atom is 0.127 e. The number of thiophene rings is 1. The van der Waals surface area contributed by atoms with Gasteiger partial charge in [-0.15, -0.1) is 11.3 Å². The van der Waals surface area contributed by atoms with Gasteiger partial charge in [-0.05, 0) is 31.7 Å². The van der Waals surface area contributed by atoms with Crippen LogP contribution in [-0.4, -0.2) is 9.97 Å². The van der Waals surface area contributed by atoms with Gasteiger partial charge in [0.2, 0.25) is 0 Å². The van der Waals surface area contributed by atoms with Crippen LogP contribution in [0.1, 0.15) is 48.7 Å². The van der Waals surface area contributed by atoms with Crippen molar-refractivity contribution >= 4 is 21.6 Å². The fraction of sp³-hybridized carbons (Fsp3) is 0.538. The molecule has 0 spiro atoms. The number of hydrogen-bond acceptors (Lipinski definition) is 3. The van der Waals surface area contributed by atoms with Crippen molar-refractivity contribution in [2.45, 2.75) is 44.9 Å². The molecule has 84 valence electrons. The summed E-state index contributed by atoms with van der Waals surface area (Å²) in [7, 11) is 0. The summed E-state index contributed by atoms with van der Waals surface area (Å²) in [6.07, 6.45) is 8.88. The molecule has 1 aliphatic rings. The van der Waals surface area contributed by atoms with Crippen LogP contribution in [0.25, 0.3) is 10.2 Å². The standard InChI is InChI=1S/C13H16N2S/c1-9-14-8-11-7-12(16-13(11)15-9)10-5-3-2-4-6-10/h7-8,10H,2-6H2,1H3. The lowest BCUT2D eigenvalue weighted by molar-refractivity contribution is 0.448. The number of nitrogens with zero attached hydrogens (tertiary/aromatic N) is 2. The predicted molar refractivity (Wildman–Crippen MR) is 68.0 cm³/mol. The maximum atomic E-state index is 4.50. The van der Waals surface area contributed by atoms with Crippen molar-refractivity contribution in [3.8, 4) is 0 Å². The van der Waals surface area contributed by atoms with Crippen LogP contribution in [0, 0.1) is 6.92 Å². The van der Waals surface area contributed by atoms with E-state index in [0.29, 0.717) is 0 Å². The third-order valence-corrected chi connectivity index (χ3v) is 4.63. The van der Waals surface area contributed by atoms with Gasteiger partial charge >= 0.3 is 0 Å². The van der Waals surface area contributed by atoms with Crippen LogP contribution in [0.15, 0.2) is 12.3 Å². The molecular formula is C13H16N2S. The summed E-state index contributed by atoms with van der Waals surface area (Å²) in [5.41, 5.74) is 0. The first-order valence-corrected chi connectivity index (χ1v) is 6.87. The molecule has 0 saturated heterocycles. The van der Waals surface area contributed by atoms with E-state index < -0.39 is 0 Å². The number of fused-ring (bicyclic) bond motifs is 1. The molecule has 0 atom stereocenters. The molecular weight excluding hydrogens is 216 g/mol. The Morgan fingerprint density at radius 3 is 2.88 bits per heavy atom. The summed E-state index contributed by atoms with van der Waals surface area (Å²) >= 11 is 1.87. The molecule has 0 bridgehead atoms. The van der Waals surface area contributed by atoms with Crippen molar-refractivity contribution in [1.82, 2.24) is 9.97 Å². The Kier molecular flexibility index (Phi) is 2.64. The van der Waals surface area contributed by atoms with E-state index in [4.69, 9.17) is 0 Å². The normalized spacial score (nSPS) is 18.1. The SMILES string of the molecule is Cc1ncc2cc(C3CCCCC3)sc2n1. The molecule has 1 saturated carbocycles. The molecule has 16 heavy (non-hydrogen) atoms. The van der Waals surface area contributed by atoms with E-state index in [1.807, 2.05) is 24.5 Å². The molecule has 0 aliphatic heterocycles. The van der Waals surface area contributed by atoms with E-state index in [-0.39, 0.29) is 0 Å². The van der Waals surface area contributed by atoms with Crippen molar-refractivity contribution in [1.29, 1.82) is 0 Å². The smallest absolute Gasteiger partial charge is 0.127 e. The van der Waals surface area contributed by atoms with Crippen LogP contribution < -0.4 is 0 Å². The van der Waals surface area contributed by atoms with E-state index in [1.165, 1.54) is 42.4 Å². The van der Waals surface area contributed by atoms with Crippen LogP contribution in [0.5, 0.6) is 0 Å². The van der Waals surface area contributed by atoms with Gasteiger partial charge in [0.05, 0.1) is 0 Å². The minimum Gasteiger partial charge on any atom is -0.241 e. The first-order chi connectivity index (χ1) is 7.83. The third kappa shape index (κ3) is 1.84. The van der Waals surface area contributed by atoms with E-state index in [0.717, 1.165) is 16.6 Å². The van der Waals surface area contributed by atoms with Gasteiger partial charge in [0.1, 0.15) is 10.7 Å².